The zero-order valence-corrected chi connectivity index (χ0v) is 14.1. The lowest BCUT2D eigenvalue weighted by Crippen LogP contribution is -2.34. The van der Waals surface area contributed by atoms with Gasteiger partial charge in [0, 0.05) is 45.8 Å². The third kappa shape index (κ3) is 2.93. The van der Waals surface area contributed by atoms with Crippen molar-refractivity contribution in [2.24, 2.45) is 7.05 Å². The molecule has 0 aliphatic carbocycles. The molecule has 2 aromatic heterocycles. The number of carbonyl (C=O) groups excluding carboxylic acids is 1. The molecule has 1 fully saturated rings. The van der Waals surface area contributed by atoms with Gasteiger partial charge in [-0.1, -0.05) is 0 Å². The van der Waals surface area contributed by atoms with Gasteiger partial charge in [0.1, 0.15) is 12.2 Å². The molecule has 0 N–H and O–H groups in total. The van der Waals surface area contributed by atoms with Gasteiger partial charge in [-0.3, -0.25) is 14.4 Å². The lowest BCUT2D eigenvalue weighted by Gasteiger charge is -2.19. The molecule has 0 aromatic carbocycles. The van der Waals surface area contributed by atoms with E-state index in [1.54, 1.807) is 18.1 Å². The van der Waals surface area contributed by atoms with E-state index in [2.05, 4.69) is 24.5 Å². The van der Waals surface area contributed by atoms with Crippen LogP contribution in [0.5, 0.6) is 0 Å². The summed E-state index contributed by atoms with van der Waals surface area (Å²) in [5.41, 5.74) is 1.26. The average Bonchev–Trinajstić information content (AvgIpc) is 3.28. The van der Waals surface area contributed by atoms with Gasteiger partial charge in [-0.05, 0) is 25.9 Å². The van der Waals surface area contributed by atoms with Crippen molar-refractivity contribution in [2.75, 3.05) is 26.2 Å². The fourth-order valence-corrected chi connectivity index (χ4v) is 3.57. The van der Waals surface area contributed by atoms with E-state index in [1.807, 2.05) is 11.1 Å². The van der Waals surface area contributed by atoms with Crippen molar-refractivity contribution in [3.8, 4) is 0 Å². The van der Waals surface area contributed by atoms with Gasteiger partial charge in [0.2, 0.25) is 5.82 Å². The third-order valence-corrected chi connectivity index (χ3v) is 4.88. The Morgan fingerprint density at radius 1 is 1.12 bits per heavy atom. The van der Waals surface area contributed by atoms with E-state index < -0.39 is 0 Å². The Hall–Kier alpha value is -2.22. The molecule has 2 aliphatic heterocycles. The zero-order valence-electron chi connectivity index (χ0n) is 14.1. The quantitative estimate of drug-likeness (QED) is 0.810. The van der Waals surface area contributed by atoms with Gasteiger partial charge in [-0.2, -0.15) is 0 Å². The maximum Gasteiger partial charge on any atom is 0.293 e. The van der Waals surface area contributed by atoms with E-state index in [0.717, 1.165) is 25.3 Å². The Labute approximate surface area is 141 Å². The Balaban J connectivity index is 1.46. The number of imidazole rings is 1. The van der Waals surface area contributed by atoms with Gasteiger partial charge >= 0.3 is 0 Å². The molecular weight excluding hydrogens is 306 g/mol. The zero-order chi connectivity index (χ0) is 16.5. The number of nitrogens with zero attached hydrogens (tertiary/aromatic N) is 7. The molecule has 24 heavy (non-hydrogen) atoms. The van der Waals surface area contributed by atoms with E-state index in [1.165, 1.54) is 31.6 Å². The van der Waals surface area contributed by atoms with E-state index in [-0.39, 0.29) is 11.7 Å². The Morgan fingerprint density at radius 2 is 1.96 bits per heavy atom. The van der Waals surface area contributed by atoms with Crippen LogP contribution in [0.15, 0.2) is 12.5 Å². The maximum absolute atomic E-state index is 12.6. The molecule has 1 amide bonds. The van der Waals surface area contributed by atoms with Gasteiger partial charge in [-0.25, -0.2) is 9.97 Å². The predicted molar refractivity (Wildman–Crippen MR) is 87.3 cm³/mol. The number of rotatable bonds is 3. The summed E-state index contributed by atoms with van der Waals surface area (Å²) >= 11 is 0. The highest BCUT2D eigenvalue weighted by atomic mass is 16.2. The molecule has 8 nitrogen and oxygen atoms in total. The van der Waals surface area contributed by atoms with E-state index in [4.69, 9.17) is 0 Å². The third-order valence-electron chi connectivity index (χ3n) is 4.88. The van der Waals surface area contributed by atoms with Gasteiger partial charge in [0.25, 0.3) is 5.91 Å². The second-order valence-corrected chi connectivity index (χ2v) is 6.58. The lowest BCUT2D eigenvalue weighted by atomic mass is 10.3. The molecule has 4 heterocycles. The van der Waals surface area contributed by atoms with Crippen LogP contribution in [0.3, 0.4) is 0 Å². The highest BCUT2D eigenvalue weighted by Gasteiger charge is 2.24. The van der Waals surface area contributed by atoms with Crippen LogP contribution >= 0.6 is 0 Å². The molecule has 2 aromatic rings. The summed E-state index contributed by atoms with van der Waals surface area (Å²) in [5.74, 6) is 1.25. The Morgan fingerprint density at radius 3 is 2.71 bits per heavy atom. The number of hydrogen-bond acceptors (Lipinski definition) is 5. The lowest BCUT2D eigenvalue weighted by molar-refractivity contribution is 0.0746. The SMILES string of the molecule is Cn1cnc(C(=O)N2CCc3ncc(CN4CCCC4)n3CC2)n1. The second-order valence-electron chi connectivity index (χ2n) is 6.58. The van der Waals surface area contributed by atoms with E-state index >= 15 is 0 Å². The number of aryl methyl sites for hydroxylation is 1. The van der Waals surface area contributed by atoms with Crippen molar-refractivity contribution in [1.29, 1.82) is 0 Å². The number of hydrogen-bond donors (Lipinski definition) is 0. The number of carbonyl (C=O) groups is 1. The Bertz CT molecular complexity index is 729. The molecule has 0 spiro atoms. The van der Waals surface area contributed by atoms with E-state index in [9.17, 15) is 4.79 Å². The van der Waals surface area contributed by atoms with Crippen LogP contribution in [-0.2, 0) is 26.6 Å². The summed E-state index contributed by atoms with van der Waals surface area (Å²) in [7, 11) is 1.77. The minimum Gasteiger partial charge on any atom is -0.334 e. The molecule has 0 saturated carbocycles. The first-order valence-corrected chi connectivity index (χ1v) is 8.61. The summed E-state index contributed by atoms with van der Waals surface area (Å²) in [6, 6.07) is 0. The standard InChI is InChI=1S/C16H23N7O/c1-20-12-18-15(19-20)16(24)22-7-4-14-17-10-13(23(14)9-8-22)11-21-5-2-3-6-21/h10,12H,2-9,11H2,1H3. The van der Waals surface area contributed by atoms with Crippen LogP contribution in [0.4, 0.5) is 0 Å². The number of amides is 1. The number of fused-ring (bicyclic) bond motifs is 1. The van der Waals surface area contributed by atoms with Crippen LogP contribution in [0.25, 0.3) is 0 Å². The first-order chi connectivity index (χ1) is 11.7. The minimum absolute atomic E-state index is 0.0950. The van der Waals surface area contributed by atoms with Gasteiger partial charge in [0.05, 0.1) is 5.69 Å². The molecule has 0 atom stereocenters. The van der Waals surface area contributed by atoms with E-state index in [0.29, 0.717) is 13.1 Å². The molecule has 0 unspecified atom stereocenters. The van der Waals surface area contributed by atoms with Gasteiger partial charge in [0.15, 0.2) is 0 Å². The first-order valence-electron chi connectivity index (χ1n) is 8.61. The van der Waals surface area contributed by atoms with Crippen molar-refractivity contribution < 1.29 is 4.79 Å². The van der Waals surface area contributed by atoms with Crippen LogP contribution in [0, 0.1) is 0 Å². The molecule has 8 heteroatoms. The maximum atomic E-state index is 12.6. The van der Waals surface area contributed by atoms with Crippen LogP contribution < -0.4 is 0 Å². The van der Waals surface area contributed by atoms with Crippen LogP contribution in [-0.4, -0.2) is 66.2 Å². The molecule has 4 rings (SSSR count). The smallest absolute Gasteiger partial charge is 0.293 e. The molecule has 0 bridgehead atoms. The summed E-state index contributed by atoms with van der Waals surface area (Å²) < 4.78 is 3.85. The summed E-state index contributed by atoms with van der Waals surface area (Å²) in [6.07, 6.45) is 6.93. The highest BCUT2D eigenvalue weighted by molar-refractivity contribution is 5.90. The monoisotopic (exact) mass is 329 g/mol. The average molecular weight is 329 g/mol. The fraction of sp³-hybridized carbons (Fsp3) is 0.625. The van der Waals surface area contributed by atoms with Gasteiger partial charge < -0.3 is 9.47 Å². The summed E-state index contributed by atoms with van der Waals surface area (Å²) in [4.78, 5) is 25.5. The summed E-state index contributed by atoms with van der Waals surface area (Å²) in [6.45, 7) is 5.44. The molecule has 0 radical (unpaired) electrons. The van der Waals surface area contributed by atoms with Crippen molar-refractivity contribution in [2.45, 2.75) is 32.4 Å². The first kappa shape index (κ1) is 15.3. The van der Waals surface area contributed by atoms with Crippen molar-refractivity contribution in [3.63, 3.8) is 0 Å². The molecule has 2 aliphatic rings. The van der Waals surface area contributed by atoms with Crippen molar-refractivity contribution in [3.05, 3.63) is 29.9 Å². The number of likely N-dealkylation sites (tertiary alicyclic amines) is 1. The summed E-state index contributed by atoms with van der Waals surface area (Å²) in [5, 5.41) is 4.12. The molecular formula is C16H23N7O. The molecule has 1 saturated heterocycles. The van der Waals surface area contributed by atoms with Gasteiger partial charge in [-0.15, -0.1) is 5.10 Å². The predicted octanol–water partition coefficient (Wildman–Crippen LogP) is 0.306. The fourth-order valence-electron chi connectivity index (χ4n) is 3.57. The number of aromatic nitrogens is 5. The van der Waals surface area contributed by atoms with Crippen LogP contribution in [0.2, 0.25) is 0 Å². The van der Waals surface area contributed by atoms with Crippen molar-refractivity contribution in [1.82, 2.24) is 34.1 Å². The van der Waals surface area contributed by atoms with Crippen molar-refractivity contribution >= 4 is 5.91 Å². The second kappa shape index (κ2) is 6.35. The minimum atomic E-state index is -0.0950. The normalized spacial score (nSPS) is 18.6. The molecule has 128 valence electrons. The highest BCUT2D eigenvalue weighted by Crippen LogP contribution is 2.17. The Kier molecular flexibility index (Phi) is 4.05. The topological polar surface area (TPSA) is 72.1 Å². The largest absolute Gasteiger partial charge is 0.334 e. The van der Waals surface area contributed by atoms with Crippen LogP contribution in [0.1, 0.15) is 35.0 Å².